The minimum absolute atomic E-state index is 0.412. The van der Waals surface area contributed by atoms with Crippen molar-refractivity contribution in [3.63, 3.8) is 0 Å². The normalized spacial score (nSPS) is 12.2. The monoisotopic (exact) mass is 426 g/mol. The number of hydrogen-bond donors (Lipinski definition) is 1. The topological polar surface area (TPSA) is 46.5 Å². The van der Waals surface area contributed by atoms with Crippen molar-refractivity contribution in [2.24, 2.45) is 0 Å². The molecular weight excluding hydrogens is 372 g/mol. The number of ether oxygens (including phenoxy) is 1. The van der Waals surface area contributed by atoms with Gasteiger partial charge in [-0.15, -0.1) is 0 Å². The Morgan fingerprint density at radius 1 is 0.567 bits per heavy atom. The molecule has 0 rings (SSSR count). The van der Waals surface area contributed by atoms with E-state index in [0.29, 0.717) is 13.0 Å². The lowest BCUT2D eigenvalue weighted by Crippen LogP contribution is -2.23. The molecule has 0 aromatic carbocycles. The molecule has 0 saturated heterocycles. The molecule has 0 heterocycles. The number of aliphatic hydroxyl groups is 1. The molecule has 0 spiro atoms. The van der Waals surface area contributed by atoms with Gasteiger partial charge in [-0.2, -0.15) is 0 Å². The zero-order valence-corrected chi connectivity index (χ0v) is 20.6. The lowest BCUT2D eigenvalue weighted by atomic mass is 10.0. The van der Waals surface area contributed by atoms with Crippen molar-refractivity contribution in [1.29, 1.82) is 0 Å². The highest BCUT2D eigenvalue weighted by Gasteiger charge is 2.15. The van der Waals surface area contributed by atoms with Crippen LogP contribution in [-0.4, -0.2) is 23.8 Å². The molecule has 0 fully saturated rings. The fourth-order valence-corrected chi connectivity index (χ4v) is 4.01. The number of esters is 1. The molecule has 0 aromatic heterocycles. The van der Waals surface area contributed by atoms with E-state index in [1.807, 2.05) is 6.92 Å². The summed E-state index contributed by atoms with van der Waals surface area (Å²) in [4.78, 5) is 11.5. The van der Waals surface area contributed by atoms with Gasteiger partial charge in [-0.25, -0.2) is 4.79 Å². The van der Waals surface area contributed by atoms with Crippen molar-refractivity contribution in [3.05, 3.63) is 0 Å². The zero-order chi connectivity index (χ0) is 22.1. The number of unbranched alkanes of at least 4 members (excludes halogenated alkanes) is 19. The maximum Gasteiger partial charge on any atom is 0.334 e. The van der Waals surface area contributed by atoms with Crippen LogP contribution >= 0.6 is 0 Å². The van der Waals surface area contributed by atoms with E-state index in [1.165, 1.54) is 116 Å². The van der Waals surface area contributed by atoms with E-state index in [4.69, 9.17) is 4.74 Å². The lowest BCUT2D eigenvalue weighted by Gasteiger charge is -2.09. The van der Waals surface area contributed by atoms with Crippen molar-refractivity contribution < 1.29 is 14.6 Å². The van der Waals surface area contributed by atoms with Crippen molar-refractivity contribution in [1.82, 2.24) is 0 Å². The second-order valence-electron chi connectivity index (χ2n) is 9.19. The van der Waals surface area contributed by atoms with Gasteiger partial charge in [-0.1, -0.05) is 142 Å². The molecule has 0 radical (unpaired) electrons. The van der Waals surface area contributed by atoms with Gasteiger partial charge in [-0.05, 0) is 12.8 Å². The van der Waals surface area contributed by atoms with Crippen LogP contribution in [-0.2, 0) is 9.53 Å². The Balaban J connectivity index is 3.14. The molecule has 1 N–H and O–H groups in total. The summed E-state index contributed by atoms with van der Waals surface area (Å²) in [5, 5.41) is 9.72. The van der Waals surface area contributed by atoms with Crippen molar-refractivity contribution in [2.45, 2.75) is 161 Å². The summed E-state index contributed by atoms with van der Waals surface area (Å²) in [6, 6.07) is 0. The van der Waals surface area contributed by atoms with Gasteiger partial charge in [0.05, 0.1) is 6.61 Å². The maximum absolute atomic E-state index is 11.5. The van der Waals surface area contributed by atoms with Crippen molar-refractivity contribution in [3.8, 4) is 0 Å². The Labute approximate surface area is 188 Å². The molecule has 1 atom stereocenters. The van der Waals surface area contributed by atoms with Crippen LogP contribution in [0.2, 0.25) is 0 Å². The predicted molar refractivity (Wildman–Crippen MR) is 130 cm³/mol. The first-order valence-electron chi connectivity index (χ1n) is 13.6. The first-order chi connectivity index (χ1) is 14.7. The summed E-state index contributed by atoms with van der Waals surface area (Å²) in [5.74, 6) is -0.449. The number of aliphatic hydroxyl groups excluding tert-OH is 1. The van der Waals surface area contributed by atoms with Crippen LogP contribution in [0, 0.1) is 0 Å². The largest absolute Gasteiger partial charge is 0.464 e. The first kappa shape index (κ1) is 29.4. The minimum atomic E-state index is -0.924. The molecule has 180 valence electrons. The van der Waals surface area contributed by atoms with E-state index in [9.17, 15) is 9.90 Å². The standard InChI is InChI=1S/C27H54O3/c1-3-5-6-7-8-9-10-11-12-13-14-15-16-17-18-19-20-21-22-23-24-26(28)27(29)30-25-4-2/h26,28H,3-25H2,1-2H3. The Morgan fingerprint density at radius 3 is 1.23 bits per heavy atom. The van der Waals surface area contributed by atoms with Crippen molar-refractivity contribution >= 4 is 5.97 Å². The predicted octanol–water partition coefficient (Wildman–Crippen LogP) is 8.51. The third kappa shape index (κ3) is 22.1. The molecule has 30 heavy (non-hydrogen) atoms. The van der Waals surface area contributed by atoms with Gasteiger partial charge in [0.2, 0.25) is 0 Å². The smallest absolute Gasteiger partial charge is 0.334 e. The average molecular weight is 427 g/mol. The van der Waals surface area contributed by atoms with Gasteiger partial charge in [0.1, 0.15) is 0 Å². The van der Waals surface area contributed by atoms with E-state index in [-0.39, 0.29) is 0 Å². The van der Waals surface area contributed by atoms with Gasteiger partial charge < -0.3 is 9.84 Å². The van der Waals surface area contributed by atoms with E-state index in [0.717, 1.165) is 19.3 Å². The number of carbonyl (C=O) groups is 1. The van der Waals surface area contributed by atoms with E-state index in [2.05, 4.69) is 6.92 Å². The number of rotatable bonds is 24. The Bertz CT molecular complexity index is 343. The molecule has 0 aliphatic heterocycles. The van der Waals surface area contributed by atoms with E-state index in [1.54, 1.807) is 0 Å². The Hall–Kier alpha value is -0.570. The van der Waals surface area contributed by atoms with Gasteiger partial charge in [0.25, 0.3) is 0 Å². The van der Waals surface area contributed by atoms with E-state index >= 15 is 0 Å². The summed E-state index contributed by atoms with van der Waals surface area (Å²) < 4.78 is 4.96. The highest BCUT2D eigenvalue weighted by Crippen LogP contribution is 2.15. The number of hydrogen-bond acceptors (Lipinski definition) is 3. The van der Waals surface area contributed by atoms with Crippen LogP contribution < -0.4 is 0 Å². The van der Waals surface area contributed by atoms with Gasteiger partial charge in [-0.3, -0.25) is 0 Å². The van der Waals surface area contributed by atoms with Gasteiger partial charge in [0.15, 0.2) is 6.10 Å². The molecule has 0 aliphatic carbocycles. The zero-order valence-electron chi connectivity index (χ0n) is 20.6. The minimum Gasteiger partial charge on any atom is -0.464 e. The fourth-order valence-electron chi connectivity index (χ4n) is 4.01. The summed E-state index contributed by atoms with van der Waals surface area (Å²) in [6.07, 6.45) is 27.7. The highest BCUT2D eigenvalue weighted by molar-refractivity contribution is 5.74. The molecule has 3 heteroatoms. The summed E-state index contributed by atoms with van der Waals surface area (Å²) in [7, 11) is 0. The summed E-state index contributed by atoms with van der Waals surface area (Å²) in [5.41, 5.74) is 0. The van der Waals surface area contributed by atoms with Gasteiger partial charge >= 0.3 is 5.97 Å². The van der Waals surface area contributed by atoms with E-state index < -0.39 is 12.1 Å². The lowest BCUT2D eigenvalue weighted by molar-refractivity contribution is -0.153. The van der Waals surface area contributed by atoms with Gasteiger partial charge in [0, 0.05) is 0 Å². The Morgan fingerprint density at radius 2 is 0.900 bits per heavy atom. The molecule has 0 amide bonds. The second kappa shape index (κ2) is 24.7. The quantitative estimate of drug-likeness (QED) is 0.124. The second-order valence-corrected chi connectivity index (χ2v) is 9.19. The van der Waals surface area contributed by atoms with Crippen LogP contribution in [0.3, 0.4) is 0 Å². The SMILES string of the molecule is CCCCCCCCCCCCCCCCCCCCCCC(O)C(=O)OCCC. The number of carbonyl (C=O) groups excluding carboxylic acids is 1. The van der Waals surface area contributed by atoms with Crippen LogP contribution in [0.4, 0.5) is 0 Å². The Kier molecular flexibility index (Phi) is 24.2. The fraction of sp³-hybridized carbons (Fsp3) is 0.963. The van der Waals surface area contributed by atoms with Crippen LogP contribution in [0.15, 0.2) is 0 Å². The third-order valence-corrected chi connectivity index (χ3v) is 6.05. The van der Waals surface area contributed by atoms with Crippen LogP contribution in [0.5, 0.6) is 0 Å². The molecule has 0 bridgehead atoms. The third-order valence-electron chi connectivity index (χ3n) is 6.05. The van der Waals surface area contributed by atoms with Crippen molar-refractivity contribution in [2.75, 3.05) is 6.61 Å². The molecular formula is C27H54O3. The molecule has 0 aliphatic rings. The van der Waals surface area contributed by atoms with Crippen LogP contribution in [0.25, 0.3) is 0 Å². The molecule has 0 saturated carbocycles. The molecule has 3 nitrogen and oxygen atoms in total. The summed E-state index contributed by atoms with van der Waals surface area (Å²) in [6.45, 7) is 4.65. The average Bonchev–Trinajstić information content (AvgIpc) is 2.75. The first-order valence-corrected chi connectivity index (χ1v) is 13.6. The highest BCUT2D eigenvalue weighted by atomic mass is 16.5. The maximum atomic E-state index is 11.5. The molecule has 1 unspecified atom stereocenters. The summed E-state index contributed by atoms with van der Waals surface area (Å²) >= 11 is 0. The van der Waals surface area contributed by atoms with Crippen LogP contribution in [0.1, 0.15) is 155 Å². The molecule has 0 aromatic rings.